The van der Waals surface area contributed by atoms with Crippen molar-refractivity contribution in [3.05, 3.63) is 22.7 Å². The van der Waals surface area contributed by atoms with Gasteiger partial charge in [0.15, 0.2) is 0 Å². The van der Waals surface area contributed by atoms with E-state index in [9.17, 15) is 8.42 Å². The largest absolute Gasteiger partial charge is 0.496 e. The van der Waals surface area contributed by atoms with Crippen LogP contribution < -0.4 is 14.8 Å². The van der Waals surface area contributed by atoms with Crippen molar-refractivity contribution in [3.63, 3.8) is 0 Å². The Bertz CT molecular complexity index is 548. The molecule has 1 saturated heterocycles. The molecular weight excluding hydrogens is 368 g/mol. The molecule has 0 aromatic heterocycles. The number of hydrogen-bond donors (Lipinski definition) is 2. The Balaban J connectivity index is 0.00000200. The average molecular weight is 386 g/mol. The maximum Gasteiger partial charge on any atom is 0.240 e. The molecule has 1 aromatic carbocycles. The molecule has 1 atom stereocenters. The van der Waals surface area contributed by atoms with Gasteiger partial charge in [-0.25, -0.2) is 13.1 Å². The maximum atomic E-state index is 12.3. The lowest BCUT2D eigenvalue weighted by Gasteiger charge is -2.23. The minimum atomic E-state index is -3.48. The Morgan fingerprint density at radius 3 is 2.75 bits per heavy atom. The minimum absolute atomic E-state index is 0. The van der Waals surface area contributed by atoms with Gasteiger partial charge in [-0.2, -0.15) is 0 Å². The van der Waals surface area contributed by atoms with Crippen LogP contribution >= 0.6 is 28.3 Å². The molecular formula is C12H18BrClN2O3S. The van der Waals surface area contributed by atoms with Crippen LogP contribution in [0.5, 0.6) is 5.75 Å². The molecule has 20 heavy (non-hydrogen) atoms. The van der Waals surface area contributed by atoms with E-state index in [1.54, 1.807) is 25.3 Å². The first-order chi connectivity index (χ1) is 9.03. The highest BCUT2D eigenvalue weighted by atomic mass is 79.9. The number of halogens is 2. The van der Waals surface area contributed by atoms with E-state index >= 15 is 0 Å². The Labute approximate surface area is 134 Å². The fourth-order valence-electron chi connectivity index (χ4n) is 2.05. The summed E-state index contributed by atoms with van der Waals surface area (Å²) in [6.07, 6.45) is 1.85. The van der Waals surface area contributed by atoms with Crippen molar-refractivity contribution in [1.82, 2.24) is 10.0 Å². The highest BCUT2D eigenvalue weighted by molar-refractivity contribution is 9.10. The van der Waals surface area contributed by atoms with Crippen molar-refractivity contribution in [1.29, 1.82) is 0 Å². The number of nitrogens with one attached hydrogen (secondary N) is 2. The van der Waals surface area contributed by atoms with Crippen molar-refractivity contribution in [2.75, 3.05) is 20.2 Å². The van der Waals surface area contributed by atoms with Gasteiger partial charge in [-0.15, -0.1) is 12.4 Å². The first-order valence-electron chi connectivity index (χ1n) is 6.09. The molecule has 8 heteroatoms. The number of ether oxygens (including phenoxy) is 1. The zero-order valence-electron chi connectivity index (χ0n) is 11.1. The summed E-state index contributed by atoms with van der Waals surface area (Å²) < 4.78 is 32.9. The van der Waals surface area contributed by atoms with E-state index in [1.807, 2.05) is 0 Å². The second-order valence-electron chi connectivity index (χ2n) is 4.46. The number of methoxy groups -OCH3 is 1. The van der Waals surface area contributed by atoms with Gasteiger partial charge in [0.1, 0.15) is 5.75 Å². The van der Waals surface area contributed by atoms with E-state index in [4.69, 9.17) is 4.74 Å². The van der Waals surface area contributed by atoms with Gasteiger partial charge in [0, 0.05) is 12.6 Å². The van der Waals surface area contributed by atoms with E-state index in [0.29, 0.717) is 16.8 Å². The van der Waals surface area contributed by atoms with Crippen LogP contribution in [0.1, 0.15) is 12.8 Å². The van der Waals surface area contributed by atoms with Crippen molar-refractivity contribution in [3.8, 4) is 5.75 Å². The Hall–Kier alpha value is -0.340. The summed E-state index contributed by atoms with van der Waals surface area (Å²) in [4.78, 5) is 0.241. The van der Waals surface area contributed by atoms with Gasteiger partial charge < -0.3 is 10.1 Å². The Kier molecular flexibility index (Phi) is 6.74. The van der Waals surface area contributed by atoms with E-state index in [0.717, 1.165) is 19.4 Å². The van der Waals surface area contributed by atoms with Crippen LogP contribution in [-0.2, 0) is 10.0 Å². The molecule has 0 spiro atoms. The van der Waals surface area contributed by atoms with Gasteiger partial charge in [0.2, 0.25) is 10.0 Å². The predicted molar refractivity (Wildman–Crippen MR) is 84.2 cm³/mol. The third kappa shape index (κ3) is 4.33. The van der Waals surface area contributed by atoms with Crippen molar-refractivity contribution in [2.45, 2.75) is 23.8 Å². The third-order valence-corrected chi connectivity index (χ3v) is 5.19. The smallest absolute Gasteiger partial charge is 0.240 e. The zero-order chi connectivity index (χ0) is 13.9. The molecule has 0 radical (unpaired) electrons. The van der Waals surface area contributed by atoms with Crippen LogP contribution in [0.3, 0.4) is 0 Å². The van der Waals surface area contributed by atoms with Crippen LogP contribution in [0.15, 0.2) is 27.6 Å². The molecule has 0 amide bonds. The fourth-order valence-corrected chi connectivity index (χ4v) is 4.04. The lowest BCUT2D eigenvalue weighted by molar-refractivity contribution is 0.411. The first-order valence-corrected chi connectivity index (χ1v) is 8.37. The molecule has 2 rings (SSSR count). The molecule has 114 valence electrons. The summed E-state index contributed by atoms with van der Waals surface area (Å²) in [7, 11) is -1.94. The van der Waals surface area contributed by atoms with E-state index in [-0.39, 0.29) is 23.3 Å². The summed E-state index contributed by atoms with van der Waals surface area (Å²) in [6, 6.07) is 4.69. The molecule has 0 aliphatic carbocycles. The SMILES string of the molecule is COc1ccc(S(=O)(=O)NC2CCCNC2)cc1Br.Cl. The first kappa shape index (κ1) is 17.7. The van der Waals surface area contributed by atoms with Gasteiger partial charge in [-0.1, -0.05) is 0 Å². The molecule has 1 aliphatic heterocycles. The van der Waals surface area contributed by atoms with Crippen molar-refractivity contribution in [2.24, 2.45) is 0 Å². The molecule has 1 aliphatic rings. The molecule has 0 saturated carbocycles. The van der Waals surface area contributed by atoms with Gasteiger partial charge in [0.05, 0.1) is 16.5 Å². The monoisotopic (exact) mass is 384 g/mol. The lowest BCUT2D eigenvalue weighted by Crippen LogP contribution is -2.45. The molecule has 2 N–H and O–H groups in total. The predicted octanol–water partition coefficient (Wildman–Crippen LogP) is 1.91. The number of rotatable bonds is 4. The number of hydrogen-bond acceptors (Lipinski definition) is 4. The highest BCUT2D eigenvalue weighted by Gasteiger charge is 2.22. The Morgan fingerprint density at radius 1 is 1.45 bits per heavy atom. The van der Waals surface area contributed by atoms with Crippen LogP contribution in [0.4, 0.5) is 0 Å². The van der Waals surface area contributed by atoms with Crippen LogP contribution in [0.25, 0.3) is 0 Å². The second kappa shape index (κ2) is 7.61. The second-order valence-corrected chi connectivity index (χ2v) is 7.03. The van der Waals surface area contributed by atoms with E-state index < -0.39 is 10.0 Å². The fraction of sp³-hybridized carbons (Fsp3) is 0.500. The summed E-state index contributed by atoms with van der Waals surface area (Å²) in [5.74, 6) is 0.610. The third-order valence-electron chi connectivity index (χ3n) is 3.05. The zero-order valence-corrected chi connectivity index (χ0v) is 14.3. The lowest BCUT2D eigenvalue weighted by atomic mass is 10.1. The van der Waals surface area contributed by atoms with E-state index in [1.165, 1.54) is 0 Å². The highest BCUT2D eigenvalue weighted by Crippen LogP contribution is 2.27. The molecule has 1 fully saturated rings. The number of benzene rings is 1. The van der Waals surface area contributed by atoms with Crippen molar-refractivity contribution < 1.29 is 13.2 Å². The van der Waals surface area contributed by atoms with Gasteiger partial charge >= 0.3 is 0 Å². The molecule has 1 heterocycles. The van der Waals surface area contributed by atoms with Crippen LogP contribution in [-0.4, -0.2) is 34.7 Å². The standard InChI is InChI=1S/C12H17BrN2O3S.ClH/c1-18-12-5-4-10(7-11(12)13)19(16,17)15-9-3-2-6-14-8-9;/h4-5,7,9,14-15H,2-3,6,8H2,1H3;1H. The summed E-state index contributed by atoms with van der Waals surface area (Å²) in [6.45, 7) is 1.63. The average Bonchev–Trinajstić information content (AvgIpc) is 2.39. The van der Waals surface area contributed by atoms with Crippen LogP contribution in [0, 0.1) is 0 Å². The molecule has 1 unspecified atom stereocenters. The van der Waals surface area contributed by atoms with Gasteiger partial charge in [0.25, 0.3) is 0 Å². The number of piperidine rings is 1. The molecule has 1 aromatic rings. The normalized spacial score (nSPS) is 19.2. The van der Waals surface area contributed by atoms with Crippen molar-refractivity contribution >= 4 is 38.4 Å². The quantitative estimate of drug-likeness (QED) is 0.831. The topological polar surface area (TPSA) is 67.4 Å². The summed E-state index contributed by atoms with van der Waals surface area (Å²) in [5, 5.41) is 3.18. The Morgan fingerprint density at radius 2 is 2.20 bits per heavy atom. The van der Waals surface area contributed by atoms with E-state index in [2.05, 4.69) is 26.0 Å². The maximum absolute atomic E-state index is 12.3. The van der Waals surface area contributed by atoms with Gasteiger partial charge in [-0.05, 0) is 53.5 Å². The van der Waals surface area contributed by atoms with Gasteiger partial charge in [-0.3, -0.25) is 0 Å². The summed E-state index contributed by atoms with van der Waals surface area (Å²) in [5.41, 5.74) is 0. The van der Waals surface area contributed by atoms with Crippen LogP contribution in [0.2, 0.25) is 0 Å². The molecule has 0 bridgehead atoms. The summed E-state index contributed by atoms with van der Waals surface area (Å²) >= 11 is 3.30. The number of sulfonamides is 1. The molecule has 5 nitrogen and oxygen atoms in total. The minimum Gasteiger partial charge on any atom is -0.496 e.